The molecule has 2 aromatic rings. The van der Waals surface area contributed by atoms with Crippen LogP contribution in [0.3, 0.4) is 0 Å². The van der Waals surface area contributed by atoms with Crippen molar-refractivity contribution in [3.8, 4) is 0 Å². The number of nitrogens with zero attached hydrogens (tertiary/aromatic N) is 3. The van der Waals surface area contributed by atoms with Gasteiger partial charge in [0, 0.05) is 43.4 Å². The lowest BCUT2D eigenvalue weighted by molar-refractivity contribution is -0.137. The Morgan fingerprint density at radius 2 is 2.16 bits per heavy atom. The van der Waals surface area contributed by atoms with Gasteiger partial charge in [0.1, 0.15) is 12.4 Å². The Morgan fingerprint density at radius 1 is 1.40 bits per heavy atom. The van der Waals surface area contributed by atoms with Crippen LogP contribution >= 0.6 is 0 Å². The number of nitrogens with one attached hydrogen (secondary N) is 1. The molecule has 0 atom stereocenters. The fourth-order valence-electron chi connectivity index (χ4n) is 3.09. The third-order valence-corrected chi connectivity index (χ3v) is 4.47. The minimum absolute atomic E-state index is 0.0517. The molecule has 1 aliphatic rings. The topological polar surface area (TPSA) is 91.2 Å². The van der Waals surface area contributed by atoms with Crippen LogP contribution in [0, 0.1) is 0 Å². The summed E-state index contributed by atoms with van der Waals surface area (Å²) < 4.78 is 1.73. The van der Waals surface area contributed by atoms with Gasteiger partial charge in [0.05, 0.1) is 11.3 Å². The van der Waals surface area contributed by atoms with Gasteiger partial charge in [-0.15, -0.1) is 0 Å². The fourth-order valence-corrected chi connectivity index (χ4v) is 3.09. The van der Waals surface area contributed by atoms with Gasteiger partial charge < -0.3 is 14.7 Å². The molecule has 0 aromatic carbocycles. The molecule has 0 spiro atoms. The second-order valence-corrected chi connectivity index (χ2v) is 7.57. The van der Waals surface area contributed by atoms with E-state index in [0.29, 0.717) is 13.1 Å². The molecule has 0 bridgehead atoms. The molecule has 25 heavy (non-hydrogen) atoms. The Hall–Kier alpha value is -2.41. The highest BCUT2D eigenvalue weighted by atomic mass is 16.4. The van der Waals surface area contributed by atoms with Crippen molar-refractivity contribution in [3.05, 3.63) is 51.5 Å². The van der Waals surface area contributed by atoms with Gasteiger partial charge >= 0.3 is 5.97 Å². The molecule has 7 nitrogen and oxygen atoms in total. The van der Waals surface area contributed by atoms with Crippen LogP contribution in [0.4, 0.5) is 0 Å². The lowest BCUT2D eigenvalue weighted by Crippen LogP contribution is -2.37. The SMILES string of the molecule is CC(C)(C)c1nc2c(c(=O)[nH]1)CN(Cc1cccn1CC(=O)O)CC2. The minimum atomic E-state index is -0.864. The summed E-state index contributed by atoms with van der Waals surface area (Å²) >= 11 is 0. The van der Waals surface area contributed by atoms with Crippen molar-refractivity contribution in [2.24, 2.45) is 0 Å². The second kappa shape index (κ2) is 6.48. The number of carboxylic acid groups (broad SMARTS) is 1. The number of carbonyl (C=O) groups is 1. The third kappa shape index (κ3) is 3.82. The first-order chi connectivity index (χ1) is 11.7. The van der Waals surface area contributed by atoms with Crippen molar-refractivity contribution in [1.29, 1.82) is 0 Å². The predicted molar refractivity (Wildman–Crippen MR) is 93.4 cm³/mol. The first-order valence-corrected chi connectivity index (χ1v) is 8.45. The van der Waals surface area contributed by atoms with E-state index >= 15 is 0 Å². The Bertz CT molecular complexity index is 845. The van der Waals surface area contributed by atoms with Crippen LogP contribution in [0.1, 0.15) is 43.5 Å². The molecule has 0 aliphatic carbocycles. The number of rotatable bonds is 4. The number of H-pyrrole nitrogens is 1. The zero-order valence-corrected chi connectivity index (χ0v) is 14.9. The maximum Gasteiger partial charge on any atom is 0.323 e. The Balaban J connectivity index is 1.79. The highest BCUT2D eigenvalue weighted by molar-refractivity contribution is 5.66. The minimum Gasteiger partial charge on any atom is -0.480 e. The Kier molecular flexibility index (Phi) is 4.51. The quantitative estimate of drug-likeness (QED) is 0.877. The number of hydrogen-bond acceptors (Lipinski definition) is 4. The first-order valence-electron chi connectivity index (χ1n) is 8.45. The number of aliphatic carboxylic acids is 1. The summed E-state index contributed by atoms with van der Waals surface area (Å²) in [7, 11) is 0. The summed E-state index contributed by atoms with van der Waals surface area (Å²) in [6.07, 6.45) is 2.49. The number of carboxylic acids is 1. The third-order valence-electron chi connectivity index (χ3n) is 4.47. The van der Waals surface area contributed by atoms with E-state index in [1.54, 1.807) is 10.8 Å². The van der Waals surface area contributed by atoms with Gasteiger partial charge in [-0.05, 0) is 12.1 Å². The summed E-state index contributed by atoms with van der Waals surface area (Å²) in [5.74, 6) is -0.142. The Morgan fingerprint density at radius 3 is 2.84 bits per heavy atom. The monoisotopic (exact) mass is 344 g/mol. The predicted octanol–water partition coefficient (Wildman–Crippen LogP) is 1.51. The lowest BCUT2D eigenvalue weighted by atomic mass is 9.95. The van der Waals surface area contributed by atoms with Crippen LogP contribution in [0.15, 0.2) is 23.1 Å². The van der Waals surface area contributed by atoms with Crippen LogP contribution in [-0.2, 0) is 36.3 Å². The van der Waals surface area contributed by atoms with Crippen molar-refractivity contribution in [1.82, 2.24) is 19.4 Å². The average Bonchev–Trinajstić information content (AvgIpc) is 2.93. The summed E-state index contributed by atoms with van der Waals surface area (Å²) in [5, 5.41) is 8.99. The number of aromatic nitrogens is 3. The van der Waals surface area contributed by atoms with Crippen molar-refractivity contribution in [2.45, 2.75) is 52.2 Å². The molecule has 2 N–H and O–H groups in total. The van der Waals surface area contributed by atoms with E-state index in [9.17, 15) is 9.59 Å². The molecular weight excluding hydrogens is 320 g/mol. The lowest BCUT2D eigenvalue weighted by Gasteiger charge is -2.29. The molecule has 134 valence electrons. The second-order valence-electron chi connectivity index (χ2n) is 7.57. The van der Waals surface area contributed by atoms with Crippen molar-refractivity contribution >= 4 is 5.97 Å². The van der Waals surface area contributed by atoms with Crippen molar-refractivity contribution in [3.63, 3.8) is 0 Å². The average molecular weight is 344 g/mol. The van der Waals surface area contributed by atoms with Gasteiger partial charge in [0.2, 0.25) is 0 Å². The van der Waals surface area contributed by atoms with E-state index in [1.807, 2.05) is 32.9 Å². The highest BCUT2D eigenvalue weighted by Crippen LogP contribution is 2.21. The van der Waals surface area contributed by atoms with E-state index in [0.717, 1.165) is 35.7 Å². The van der Waals surface area contributed by atoms with E-state index in [4.69, 9.17) is 5.11 Å². The molecule has 7 heteroatoms. The summed E-state index contributed by atoms with van der Waals surface area (Å²) in [6, 6.07) is 3.77. The molecule has 1 aliphatic heterocycles. The summed E-state index contributed by atoms with van der Waals surface area (Å²) in [5.41, 5.74) is 2.27. The van der Waals surface area contributed by atoms with Gasteiger partial charge in [-0.25, -0.2) is 4.98 Å². The zero-order valence-electron chi connectivity index (χ0n) is 14.9. The molecule has 0 saturated carbocycles. The van der Waals surface area contributed by atoms with Crippen LogP contribution in [0.25, 0.3) is 0 Å². The molecular formula is C18H24N4O3. The van der Waals surface area contributed by atoms with E-state index in [2.05, 4.69) is 14.9 Å². The van der Waals surface area contributed by atoms with Crippen LogP contribution in [-0.4, -0.2) is 37.1 Å². The molecule has 0 saturated heterocycles. The van der Waals surface area contributed by atoms with Crippen molar-refractivity contribution in [2.75, 3.05) is 6.54 Å². The molecule has 3 rings (SSSR count). The van der Waals surface area contributed by atoms with E-state index in [1.165, 1.54) is 0 Å². The van der Waals surface area contributed by atoms with Gasteiger partial charge in [0.15, 0.2) is 0 Å². The van der Waals surface area contributed by atoms with Crippen molar-refractivity contribution < 1.29 is 9.90 Å². The van der Waals surface area contributed by atoms with Crippen LogP contribution in [0.2, 0.25) is 0 Å². The molecule has 0 radical (unpaired) electrons. The van der Waals surface area contributed by atoms with Gasteiger partial charge in [-0.3, -0.25) is 14.5 Å². The highest BCUT2D eigenvalue weighted by Gasteiger charge is 2.25. The standard InChI is InChI=1S/C18H24N4O3/c1-18(2,3)17-19-14-6-8-21(10-13(14)16(25)20-17)9-12-5-4-7-22(12)11-15(23)24/h4-5,7H,6,8-11H2,1-3H3,(H,23,24)(H,19,20,25). The van der Waals surface area contributed by atoms with Gasteiger partial charge in [0.25, 0.3) is 5.56 Å². The summed E-state index contributed by atoms with van der Waals surface area (Å²) in [6.45, 7) is 7.98. The fraction of sp³-hybridized carbons (Fsp3) is 0.500. The Labute approximate surface area is 146 Å². The number of aromatic amines is 1. The number of fused-ring (bicyclic) bond motifs is 1. The molecule has 0 amide bonds. The van der Waals surface area contributed by atoms with E-state index in [-0.39, 0.29) is 17.5 Å². The first kappa shape index (κ1) is 17.4. The molecule has 3 heterocycles. The molecule has 2 aromatic heterocycles. The van der Waals surface area contributed by atoms with E-state index < -0.39 is 5.97 Å². The van der Waals surface area contributed by atoms with Crippen LogP contribution < -0.4 is 5.56 Å². The van der Waals surface area contributed by atoms with Gasteiger partial charge in [-0.2, -0.15) is 0 Å². The van der Waals surface area contributed by atoms with Crippen LogP contribution in [0.5, 0.6) is 0 Å². The summed E-state index contributed by atoms with van der Waals surface area (Å²) in [4.78, 5) is 33.2. The molecule has 0 fully saturated rings. The number of hydrogen-bond donors (Lipinski definition) is 2. The maximum atomic E-state index is 12.5. The zero-order chi connectivity index (χ0) is 18.2. The normalized spacial score (nSPS) is 15.2. The molecule has 0 unspecified atom stereocenters. The van der Waals surface area contributed by atoms with Gasteiger partial charge in [-0.1, -0.05) is 20.8 Å². The largest absolute Gasteiger partial charge is 0.480 e. The maximum absolute atomic E-state index is 12.5. The smallest absolute Gasteiger partial charge is 0.323 e.